The molecule has 1 heterocycles. The average Bonchev–Trinajstić information content (AvgIpc) is 2.83. The molecular formula is C11H3F5O3. The number of rotatable bonds is 2. The summed E-state index contributed by atoms with van der Waals surface area (Å²) in [6.07, 6.45) is 0.761. The maximum atomic E-state index is 13.5. The number of carboxylic acids is 1. The molecule has 1 aromatic heterocycles. The van der Waals surface area contributed by atoms with Crippen molar-refractivity contribution in [2.45, 2.75) is 0 Å². The Hall–Kier alpha value is -2.38. The van der Waals surface area contributed by atoms with Gasteiger partial charge in [-0.2, -0.15) is 0 Å². The van der Waals surface area contributed by atoms with Gasteiger partial charge in [0.05, 0.1) is 11.8 Å². The van der Waals surface area contributed by atoms with Crippen molar-refractivity contribution in [3.05, 3.63) is 47.2 Å². The van der Waals surface area contributed by atoms with Gasteiger partial charge in [-0.1, -0.05) is 0 Å². The van der Waals surface area contributed by atoms with Crippen LogP contribution in [0.15, 0.2) is 16.7 Å². The van der Waals surface area contributed by atoms with Crippen LogP contribution in [0.3, 0.4) is 0 Å². The van der Waals surface area contributed by atoms with Gasteiger partial charge in [-0.3, -0.25) is 0 Å². The van der Waals surface area contributed by atoms with E-state index in [2.05, 4.69) is 4.42 Å². The third-order valence-corrected chi connectivity index (χ3v) is 2.34. The highest BCUT2D eigenvalue weighted by molar-refractivity contribution is 5.93. The molecule has 0 fully saturated rings. The average molecular weight is 278 g/mol. The summed E-state index contributed by atoms with van der Waals surface area (Å²) in [4.78, 5) is 10.7. The number of aromatic carboxylic acids is 1. The molecule has 0 atom stereocenters. The quantitative estimate of drug-likeness (QED) is 0.520. The van der Waals surface area contributed by atoms with Crippen molar-refractivity contribution in [2.75, 3.05) is 0 Å². The first kappa shape index (κ1) is 13.1. The molecule has 0 saturated heterocycles. The van der Waals surface area contributed by atoms with E-state index in [9.17, 15) is 26.7 Å². The minimum atomic E-state index is -2.32. The Morgan fingerprint density at radius 3 is 1.89 bits per heavy atom. The summed E-state index contributed by atoms with van der Waals surface area (Å²) in [5.41, 5.74) is -2.08. The van der Waals surface area contributed by atoms with Gasteiger partial charge in [-0.05, 0) is 6.07 Å². The van der Waals surface area contributed by atoms with Crippen LogP contribution in [0.2, 0.25) is 0 Å². The van der Waals surface area contributed by atoms with Gasteiger partial charge in [0.1, 0.15) is 0 Å². The smallest absolute Gasteiger partial charge is 0.372 e. The Kier molecular flexibility index (Phi) is 3.01. The fourth-order valence-corrected chi connectivity index (χ4v) is 1.51. The summed E-state index contributed by atoms with van der Waals surface area (Å²) < 4.78 is 70.1. The number of furan rings is 1. The van der Waals surface area contributed by atoms with Crippen LogP contribution in [0.1, 0.15) is 10.6 Å². The van der Waals surface area contributed by atoms with Gasteiger partial charge in [0.25, 0.3) is 0 Å². The first-order valence-electron chi connectivity index (χ1n) is 4.68. The van der Waals surface area contributed by atoms with Crippen LogP contribution in [0.25, 0.3) is 11.1 Å². The van der Waals surface area contributed by atoms with E-state index in [0.717, 1.165) is 12.3 Å². The van der Waals surface area contributed by atoms with E-state index in [0.29, 0.717) is 0 Å². The number of carbonyl (C=O) groups is 1. The van der Waals surface area contributed by atoms with Gasteiger partial charge in [0.15, 0.2) is 23.3 Å². The van der Waals surface area contributed by atoms with Gasteiger partial charge >= 0.3 is 5.97 Å². The Labute approximate surface area is 101 Å². The van der Waals surface area contributed by atoms with Crippen LogP contribution in [-0.2, 0) is 0 Å². The molecule has 8 heteroatoms. The van der Waals surface area contributed by atoms with Gasteiger partial charge < -0.3 is 9.52 Å². The number of hydrogen-bond donors (Lipinski definition) is 1. The van der Waals surface area contributed by atoms with E-state index < -0.39 is 51.9 Å². The molecule has 3 nitrogen and oxygen atoms in total. The van der Waals surface area contributed by atoms with Crippen LogP contribution < -0.4 is 0 Å². The lowest BCUT2D eigenvalue weighted by Gasteiger charge is -2.07. The van der Waals surface area contributed by atoms with Gasteiger partial charge in [0, 0.05) is 5.56 Å². The van der Waals surface area contributed by atoms with E-state index in [-0.39, 0.29) is 0 Å². The molecule has 2 rings (SSSR count). The van der Waals surface area contributed by atoms with Crippen molar-refractivity contribution in [1.29, 1.82) is 0 Å². The Balaban J connectivity index is 2.83. The maximum Gasteiger partial charge on any atom is 0.372 e. The second-order valence-corrected chi connectivity index (χ2v) is 3.41. The van der Waals surface area contributed by atoms with E-state index in [1.165, 1.54) is 0 Å². The van der Waals surface area contributed by atoms with Crippen LogP contribution in [0.4, 0.5) is 22.0 Å². The van der Waals surface area contributed by atoms with Gasteiger partial charge in [-0.25, -0.2) is 26.7 Å². The molecule has 0 unspecified atom stereocenters. The monoisotopic (exact) mass is 278 g/mol. The largest absolute Gasteiger partial charge is 0.475 e. The topological polar surface area (TPSA) is 50.4 Å². The molecule has 0 aliphatic rings. The minimum Gasteiger partial charge on any atom is -0.475 e. The molecule has 19 heavy (non-hydrogen) atoms. The first-order valence-corrected chi connectivity index (χ1v) is 4.68. The van der Waals surface area contributed by atoms with Gasteiger partial charge in [0.2, 0.25) is 11.6 Å². The highest BCUT2D eigenvalue weighted by Gasteiger charge is 2.30. The normalized spacial score (nSPS) is 10.8. The molecule has 0 spiro atoms. The van der Waals surface area contributed by atoms with Crippen molar-refractivity contribution in [2.24, 2.45) is 0 Å². The zero-order chi connectivity index (χ0) is 14.3. The lowest BCUT2D eigenvalue weighted by atomic mass is 10.0. The molecule has 0 amide bonds. The molecular weight excluding hydrogens is 275 g/mol. The second kappa shape index (κ2) is 4.38. The second-order valence-electron chi connectivity index (χ2n) is 3.41. The third kappa shape index (κ3) is 1.85. The molecule has 2 aromatic rings. The molecule has 0 aliphatic carbocycles. The number of benzene rings is 1. The summed E-state index contributed by atoms with van der Waals surface area (Å²) in [6, 6.07) is 0.793. The number of halogens is 5. The lowest BCUT2D eigenvalue weighted by Crippen LogP contribution is -2.06. The van der Waals surface area contributed by atoms with Gasteiger partial charge in [-0.15, -0.1) is 0 Å². The molecule has 0 aliphatic heterocycles. The van der Waals surface area contributed by atoms with Crippen molar-refractivity contribution < 1.29 is 36.3 Å². The predicted octanol–water partition coefficient (Wildman–Crippen LogP) is 3.34. The summed E-state index contributed by atoms with van der Waals surface area (Å²) in [6.45, 7) is 0. The summed E-state index contributed by atoms with van der Waals surface area (Å²) in [7, 11) is 0. The summed E-state index contributed by atoms with van der Waals surface area (Å²) >= 11 is 0. The SMILES string of the molecule is O=C(O)c1occc1-c1c(F)c(F)c(F)c(F)c1F. The van der Waals surface area contributed by atoms with Crippen LogP contribution in [0.5, 0.6) is 0 Å². The maximum absolute atomic E-state index is 13.5. The van der Waals surface area contributed by atoms with Crippen LogP contribution >= 0.6 is 0 Å². The fraction of sp³-hybridized carbons (Fsp3) is 0. The summed E-state index contributed by atoms with van der Waals surface area (Å²) in [5.74, 6) is -13.5. The van der Waals surface area contributed by atoms with Crippen LogP contribution in [0, 0.1) is 29.1 Å². The Bertz CT molecular complexity index is 648. The number of hydrogen-bond acceptors (Lipinski definition) is 2. The van der Waals surface area contributed by atoms with Crippen molar-refractivity contribution in [3.8, 4) is 11.1 Å². The molecule has 0 saturated carbocycles. The third-order valence-electron chi connectivity index (χ3n) is 2.34. The number of carboxylic acid groups (broad SMARTS) is 1. The van der Waals surface area contributed by atoms with Crippen LogP contribution in [-0.4, -0.2) is 11.1 Å². The van der Waals surface area contributed by atoms with Crippen molar-refractivity contribution in [1.82, 2.24) is 0 Å². The lowest BCUT2D eigenvalue weighted by molar-refractivity contribution is 0.0663. The zero-order valence-electron chi connectivity index (χ0n) is 8.81. The Morgan fingerprint density at radius 1 is 0.947 bits per heavy atom. The first-order chi connectivity index (χ1) is 8.86. The standard InChI is InChI=1S/C11H3F5O3/c12-5-4(3-1-2-19-10(3)11(17)18)6(13)8(15)9(16)7(5)14/h1-2H,(H,17,18). The highest BCUT2D eigenvalue weighted by atomic mass is 19.2. The van der Waals surface area contributed by atoms with E-state index in [1.54, 1.807) is 0 Å². The van der Waals surface area contributed by atoms with E-state index in [1.807, 2.05) is 0 Å². The molecule has 1 aromatic carbocycles. The molecule has 0 radical (unpaired) electrons. The van der Waals surface area contributed by atoms with Crippen molar-refractivity contribution in [3.63, 3.8) is 0 Å². The van der Waals surface area contributed by atoms with Crippen molar-refractivity contribution >= 4 is 5.97 Å². The fourth-order valence-electron chi connectivity index (χ4n) is 1.51. The Morgan fingerprint density at radius 2 is 1.42 bits per heavy atom. The zero-order valence-corrected chi connectivity index (χ0v) is 8.81. The molecule has 1 N–H and O–H groups in total. The van der Waals surface area contributed by atoms with E-state index in [4.69, 9.17) is 5.11 Å². The van der Waals surface area contributed by atoms with E-state index >= 15 is 0 Å². The predicted molar refractivity (Wildman–Crippen MR) is 50.9 cm³/mol. The molecule has 0 bridgehead atoms. The highest BCUT2D eigenvalue weighted by Crippen LogP contribution is 2.34. The molecule has 100 valence electrons. The minimum absolute atomic E-state index is 0.736. The summed E-state index contributed by atoms with van der Waals surface area (Å²) in [5, 5.41) is 8.69.